The van der Waals surface area contributed by atoms with Gasteiger partial charge in [-0.25, -0.2) is 9.37 Å². The number of halogens is 3. The molecular formula is C17H22Cl2FN3S. The van der Waals surface area contributed by atoms with Gasteiger partial charge >= 0.3 is 0 Å². The Balaban J connectivity index is 0.00000208. The van der Waals surface area contributed by atoms with E-state index < -0.39 is 0 Å². The number of nitrogens with one attached hydrogen (secondary N) is 1. The number of aryl methyl sites for hydroxylation is 1. The van der Waals surface area contributed by atoms with Gasteiger partial charge in [-0.2, -0.15) is 0 Å². The number of benzene rings is 1. The summed E-state index contributed by atoms with van der Waals surface area (Å²) < 4.78 is 13.4. The number of nitrogens with zero attached hydrogens (tertiary/aromatic N) is 2. The van der Waals surface area contributed by atoms with Crippen molar-refractivity contribution in [2.24, 2.45) is 5.92 Å². The summed E-state index contributed by atoms with van der Waals surface area (Å²) in [6.45, 7) is 6.90. The topological polar surface area (TPSA) is 28.2 Å². The Morgan fingerprint density at radius 1 is 1.42 bits per heavy atom. The summed E-state index contributed by atoms with van der Waals surface area (Å²) in [5.74, 6) is 0.305. The number of hydrogen-bond acceptors (Lipinski definition) is 4. The maximum absolute atomic E-state index is 13.4. The fourth-order valence-electron chi connectivity index (χ4n) is 3.00. The highest BCUT2D eigenvalue weighted by atomic mass is 35.5. The molecule has 24 heavy (non-hydrogen) atoms. The lowest BCUT2D eigenvalue weighted by Crippen LogP contribution is -2.30. The summed E-state index contributed by atoms with van der Waals surface area (Å²) in [7, 11) is 0. The van der Waals surface area contributed by atoms with Crippen molar-refractivity contribution in [2.75, 3.05) is 19.6 Å². The highest BCUT2D eigenvalue weighted by Gasteiger charge is 2.20. The van der Waals surface area contributed by atoms with Gasteiger partial charge < -0.3 is 5.32 Å². The Morgan fingerprint density at radius 3 is 2.88 bits per heavy atom. The Labute approximate surface area is 157 Å². The molecule has 1 aliphatic rings. The molecule has 7 heteroatoms. The van der Waals surface area contributed by atoms with Crippen LogP contribution >= 0.6 is 35.3 Å². The van der Waals surface area contributed by atoms with Gasteiger partial charge in [-0.1, -0.05) is 17.7 Å². The normalized spacial score (nSPS) is 17.2. The van der Waals surface area contributed by atoms with Gasteiger partial charge in [0.25, 0.3) is 0 Å². The van der Waals surface area contributed by atoms with Crippen molar-refractivity contribution in [1.82, 2.24) is 15.2 Å². The predicted octanol–water partition coefficient (Wildman–Crippen LogP) is 4.28. The summed E-state index contributed by atoms with van der Waals surface area (Å²) in [6.07, 6.45) is 1.21. The minimum Gasteiger partial charge on any atom is -0.316 e. The Kier molecular flexibility index (Phi) is 7.44. The molecule has 1 N–H and O–H groups in total. The third kappa shape index (κ3) is 5.14. The lowest BCUT2D eigenvalue weighted by molar-refractivity contribution is 0.222. The van der Waals surface area contributed by atoms with Crippen LogP contribution in [0.4, 0.5) is 4.39 Å². The first-order valence-corrected chi connectivity index (χ1v) is 9.13. The molecule has 3 nitrogen and oxygen atoms in total. The molecule has 2 aromatic rings. The molecule has 0 aliphatic carbocycles. The summed E-state index contributed by atoms with van der Waals surface area (Å²) in [5, 5.41) is 3.61. The van der Waals surface area contributed by atoms with E-state index in [2.05, 4.69) is 22.1 Å². The summed E-state index contributed by atoms with van der Waals surface area (Å²) >= 11 is 7.62. The smallest absolute Gasteiger partial charge is 0.141 e. The van der Waals surface area contributed by atoms with Gasteiger partial charge in [-0.05, 0) is 50.0 Å². The summed E-state index contributed by atoms with van der Waals surface area (Å²) in [4.78, 5) is 8.06. The first-order chi connectivity index (χ1) is 11.1. The lowest BCUT2D eigenvalue weighted by atomic mass is 10.1. The van der Waals surface area contributed by atoms with Crippen molar-refractivity contribution in [3.63, 3.8) is 0 Å². The zero-order valence-corrected chi connectivity index (χ0v) is 16.0. The van der Waals surface area contributed by atoms with Crippen molar-refractivity contribution < 1.29 is 4.39 Å². The largest absolute Gasteiger partial charge is 0.316 e. The second-order valence-electron chi connectivity index (χ2n) is 6.14. The molecule has 1 aliphatic heterocycles. The summed E-state index contributed by atoms with van der Waals surface area (Å²) in [6, 6.07) is 5.00. The molecule has 1 aromatic carbocycles. The molecule has 0 saturated carbocycles. The van der Waals surface area contributed by atoms with Crippen molar-refractivity contribution in [3.05, 3.63) is 50.7 Å². The SMILES string of the molecule is Cc1ncsc1CN(Cc1ccc(F)c(Cl)c1)CC1CCNC1.Cl. The van der Waals surface area contributed by atoms with E-state index in [0.717, 1.165) is 44.0 Å². The third-order valence-electron chi connectivity index (χ3n) is 4.28. The zero-order valence-electron chi connectivity index (χ0n) is 13.6. The van der Waals surface area contributed by atoms with Crippen LogP contribution in [-0.2, 0) is 13.1 Å². The molecule has 0 spiro atoms. The van der Waals surface area contributed by atoms with E-state index in [1.807, 2.05) is 11.6 Å². The number of hydrogen-bond donors (Lipinski definition) is 1. The monoisotopic (exact) mass is 389 g/mol. The van der Waals surface area contributed by atoms with E-state index in [0.29, 0.717) is 5.92 Å². The molecule has 3 rings (SSSR count). The van der Waals surface area contributed by atoms with Gasteiger partial charge in [0.05, 0.1) is 16.2 Å². The highest BCUT2D eigenvalue weighted by molar-refractivity contribution is 7.09. The molecule has 1 saturated heterocycles. The van der Waals surface area contributed by atoms with E-state index in [4.69, 9.17) is 11.6 Å². The quantitative estimate of drug-likeness (QED) is 0.798. The Morgan fingerprint density at radius 2 is 2.25 bits per heavy atom. The van der Waals surface area contributed by atoms with Gasteiger partial charge in [0.1, 0.15) is 5.82 Å². The fourth-order valence-corrected chi connectivity index (χ4v) is 4.02. The number of rotatable bonds is 6. The van der Waals surface area contributed by atoms with Crippen LogP contribution in [0.3, 0.4) is 0 Å². The standard InChI is InChI=1S/C17H21ClFN3S.ClH/c1-12-17(23-11-21-12)10-22(9-14-4-5-20-7-14)8-13-2-3-16(19)15(18)6-13;/h2-3,6,11,14,20H,4-5,7-10H2,1H3;1H. The van der Waals surface area contributed by atoms with Crippen molar-refractivity contribution >= 4 is 35.3 Å². The first kappa shape index (κ1) is 19.6. The van der Waals surface area contributed by atoms with E-state index in [1.165, 1.54) is 17.4 Å². The molecule has 1 atom stereocenters. The van der Waals surface area contributed by atoms with E-state index >= 15 is 0 Å². The van der Waals surface area contributed by atoms with Gasteiger partial charge in [-0.15, -0.1) is 23.7 Å². The summed E-state index contributed by atoms with van der Waals surface area (Å²) in [5.41, 5.74) is 4.04. The van der Waals surface area contributed by atoms with Crippen molar-refractivity contribution in [2.45, 2.75) is 26.4 Å². The van der Waals surface area contributed by atoms with Crippen molar-refractivity contribution in [1.29, 1.82) is 0 Å². The van der Waals surface area contributed by atoms with Gasteiger partial charge in [0, 0.05) is 24.5 Å². The zero-order chi connectivity index (χ0) is 16.2. The van der Waals surface area contributed by atoms with Crippen LogP contribution in [0, 0.1) is 18.7 Å². The van der Waals surface area contributed by atoms with E-state index in [-0.39, 0.29) is 23.2 Å². The Bertz CT molecular complexity index is 659. The second-order valence-corrected chi connectivity index (χ2v) is 7.48. The fraction of sp³-hybridized carbons (Fsp3) is 0.471. The van der Waals surface area contributed by atoms with Crippen LogP contribution in [0.1, 0.15) is 22.6 Å². The second kappa shape index (κ2) is 9.11. The molecule has 1 aromatic heterocycles. The maximum atomic E-state index is 13.4. The van der Waals surface area contributed by atoms with Crippen LogP contribution in [0.2, 0.25) is 5.02 Å². The number of thiazole rings is 1. The lowest BCUT2D eigenvalue weighted by Gasteiger charge is -2.25. The van der Waals surface area contributed by atoms with Crippen LogP contribution < -0.4 is 5.32 Å². The molecule has 0 bridgehead atoms. The van der Waals surface area contributed by atoms with Crippen molar-refractivity contribution in [3.8, 4) is 0 Å². The van der Waals surface area contributed by atoms with Gasteiger partial charge in [-0.3, -0.25) is 4.90 Å². The van der Waals surface area contributed by atoms with E-state index in [9.17, 15) is 4.39 Å². The van der Waals surface area contributed by atoms with Crippen LogP contribution in [0.5, 0.6) is 0 Å². The molecular weight excluding hydrogens is 368 g/mol. The average molecular weight is 390 g/mol. The molecule has 1 fully saturated rings. The first-order valence-electron chi connectivity index (χ1n) is 7.88. The predicted molar refractivity (Wildman–Crippen MR) is 101 cm³/mol. The molecule has 2 heterocycles. The molecule has 0 amide bonds. The van der Waals surface area contributed by atoms with Gasteiger partial charge in [0.2, 0.25) is 0 Å². The third-order valence-corrected chi connectivity index (χ3v) is 5.49. The van der Waals surface area contributed by atoms with Gasteiger partial charge in [0.15, 0.2) is 0 Å². The van der Waals surface area contributed by atoms with Crippen LogP contribution in [0.15, 0.2) is 23.7 Å². The van der Waals surface area contributed by atoms with E-state index in [1.54, 1.807) is 17.4 Å². The molecule has 0 radical (unpaired) electrons. The van der Waals surface area contributed by atoms with Crippen LogP contribution in [0.25, 0.3) is 0 Å². The average Bonchev–Trinajstić information content (AvgIpc) is 3.16. The molecule has 132 valence electrons. The minimum absolute atomic E-state index is 0. The number of aromatic nitrogens is 1. The molecule has 1 unspecified atom stereocenters. The Hall–Kier alpha value is -0.720. The highest BCUT2D eigenvalue weighted by Crippen LogP contribution is 2.22. The van der Waals surface area contributed by atoms with Crippen LogP contribution in [-0.4, -0.2) is 29.5 Å². The maximum Gasteiger partial charge on any atom is 0.141 e. The minimum atomic E-state index is -0.361.